The monoisotopic (exact) mass is 354 g/mol. The smallest absolute Gasteiger partial charge is 0.269 e. The first kappa shape index (κ1) is 17.8. The first-order valence-electron chi connectivity index (χ1n) is 8.44. The lowest BCUT2D eigenvalue weighted by atomic mass is 10.1. The third-order valence-corrected chi connectivity index (χ3v) is 3.72. The second-order valence-corrected chi connectivity index (χ2v) is 7.10. The van der Waals surface area contributed by atoms with Crippen LogP contribution < -0.4 is 20.1 Å². The topological polar surface area (TPSA) is 76.7 Å². The van der Waals surface area contributed by atoms with Crippen LogP contribution in [-0.2, 0) is 4.79 Å². The number of ether oxygens (including phenoxy) is 2. The van der Waals surface area contributed by atoms with E-state index in [1.165, 1.54) is 0 Å². The van der Waals surface area contributed by atoms with E-state index in [9.17, 15) is 9.59 Å². The van der Waals surface area contributed by atoms with Crippen molar-refractivity contribution in [3.63, 3.8) is 0 Å². The number of hydrogen-bond acceptors (Lipinski definition) is 4. The Hall–Kier alpha value is -3.02. The zero-order chi connectivity index (χ0) is 18.7. The number of nitrogens with one attached hydrogen (secondary N) is 2. The lowest BCUT2D eigenvalue weighted by molar-refractivity contribution is -0.125. The number of benzene rings is 2. The number of fused-ring (bicyclic) bond motifs is 1. The molecule has 1 aliphatic rings. The van der Waals surface area contributed by atoms with E-state index in [0.717, 1.165) is 0 Å². The molecule has 0 radical (unpaired) electrons. The van der Waals surface area contributed by atoms with Gasteiger partial charge < -0.3 is 20.1 Å². The maximum atomic E-state index is 12.6. The maximum absolute atomic E-state index is 12.6. The molecule has 0 spiro atoms. The molecule has 2 N–H and O–H groups in total. The summed E-state index contributed by atoms with van der Waals surface area (Å²) in [5.41, 5.74) is 0.452. The number of hydrogen-bond donors (Lipinski definition) is 2. The molecule has 0 aromatic heterocycles. The molecular weight excluding hydrogens is 332 g/mol. The Kier molecular flexibility index (Phi) is 4.84. The summed E-state index contributed by atoms with van der Waals surface area (Å²) in [5.74, 6) is 0.522. The standard InChI is InChI=1S/C20H22N2O4/c1-20(2,3)22-18(23)13-8-4-5-9-14(13)21-19(24)17-12-25-15-10-6-7-11-16(15)26-17/h4-11,17H,12H2,1-3H3,(H,21,24)(H,22,23). The van der Waals surface area contributed by atoms with Crippen LogP contribution in [0.5, 0.6) is 11.5 Å². The number of anilines is 1. The van der Waals surface area contributed by atoms with E-state index >= 15 is 0 Å². The number of rotatable bonds is 3. The van der Waals surface area contributed by atoms with Gasteiger partial charge in [-0.1, -0.05) is 24.3 Å². The van der Waals surface area contributed by atoms with Crippen molar-refractivity contribution in [2.45, 2.75) is 32.4 Å². The summed E-state index contributed by atoms with van der Waals surface area (Å²) < 4.78 is 11.3. The van der Waals surface area contributed by atoms with Crippen LogP contribution in [0.25, 0.3) is 0 Å². The summed E-state index contributed by atoms with van der Waals surface area (Å²) in [4.78, 5) is 25.1. The maximum Gasteiger partial charge on any atom is 0.269 e. The summed E-state index contributed by atoms with van der Waals surface area (Å²) in [6, 6.07) is 14.1. The van der Waals surface area contributed by atoms with E-state index in [4.69, 9.17) is 9.47 Å². The van der Waals surface area contributed by atoms with Crippen molar-refractivity contribution in [3.05, 3.63) is 54.1 Å². The van der Waals surface area contributed by atoms with Gasteiger partial charge in [-0.15, -0.1) is 0 Å². The van der Waals surface area contributed by atoms with E-state index in [2.05, 4.69) is 10.6 Å². The van der Waals surface area contributed by atoms with Crippen LogP contribution in [0, 0.1) is 0 Å². The molecule has 1 heterocycles. The van der Waals surface area contributed by atoms with Crippen LogP contribution in [0.2, 0.25) is 0 Å². The Morgan fingerprint density at radius 2 is 1.65 bits per heavy atom. The Morgan fingerprint density at radius 1 is 1.00 bits per heavy atom. The number of carbonyl (C=O) groups is 2. The van der Waals surface area contributed by atoms with E-state index < -0.39 is 6.10 Å². The van der Waals surface area contributed by atoms with E-state index in [1.54, 1.807) is 36.4 Å². The zero-order valence-corrected chi connectivity index (χ0v) is 15.0. The Bertz CT molecular complexity index is 827. The Balaban J connectivity index is 1.73. The van der Waals surface area contributed by atoms with Gasteiger partial charge in [0.1, 0.15) is 6.61 Å². The molecule has 0 saturated carbocycles. The first-order valence-corrected chi connectivity index (χ1v) is 8.44. The van der Waals surface area contributed by atoms with Crippen molar-refractivity contribution in [2.24, 2.45) is 0 Å². The summed E-state index contributed by atoms with van der Waals surface area (Å²) in [7, 11) is 0. The largest absolute Gasteiger partial charge is 0.485 e. The molecule has 0 fully saturated rings. The molecule has 2 amide bonds. The molecule has 0 saturated heterocycles. The molecule has 6 heteroatoms. The van der Waals surface area contributed by atoms with Crippen LogP contribution in [0.15, 0.2) is 48.5 Å². The Morgan fingerprint density at radius 3 is 2.38 bits per heavy atom. The second-order valence-electron chi connectivity index (χ2n) is 7.10. The average Bonchev–Trinajstić information content (AvgIpc) is 2.60. The number of amides is 2. The van der Waals surface area contributed by atoms with Gasteiger partial charge in [-0.2, -0.15) is 0 Å². The molecule has 6 nitrogen and oxygen atoms in total. The van der Waals surface area contributed by atoms with Crippen molar-refractivity contribution in [2.75, 3.05) is 11.9 Å². The van der Waals surface area contributed by atoms with Gasteiger partial charge in [0.2, 0.25) is 6.10 Å². The van der Waals surface area contributed by atoms with Gasteiger partial charge in [0.15, 0.2) is 11.5 Å². The lowest BCUT2D eigenvalue weighted by Gasteiger charge is -2.26. The van der Waals surface area contributed by atoms with E-state index in [0.29, 0.717) is 22.7 Å². The minimum Gasteiger partial charge on any atom is -0.485 e. The second kappa shape index (κ2) is 7.07. The van der Waals surface area contributed by atoms with Crippen LogP contribution in [0.4, 0.5) is 5.69 Å². The molecule has 0 aliphatic carbocycles. The van der Waals surface area contributed by atoms with Gasteiger partial charge in [0, 0.05) is 5.54 Å². The SMILES string of the molecule is CC(C)(C)NC(=O)c1ccccc1NC(=O)C1COc2ccccc2O1. The minimum absolute atomic E-state index is 0.110. The summed E-state index contributed by atoms with van der Waals surface area (Å²) in [6.45, 7) is 5.81. The summed E-state index contributed by atoms with van der Waals surface area (Å²) in [6.07, 6.45) is -0.788. The molecule has 1 aliphatic heterocycles. The van der Waals surface area contributed by atoms with Gasteiger partial charge in [0.25, 0.3) is 11.8 Å². The van der Waals surface area contributed by atoms with E-state index in [1.807, 2.05) is 32.9 Å². The van der Waals surface area contributed by atoms with Crippen LogP contribution in [0.3, 0.4) is 0 Å². The van der Waals surface area contributed by atoms with Crippen LogP contribution >= 0.6 is 0 Å². The molecule has 136 valence electrons. The molecule has 1 unspecified atom stereocenters. The fraction of sp³-hybridized carbons (Fsp3) is 0.300. The highest BCUT2D eigenvalue weighted by Gasteiger charge is 2.28. The van der Waals surface area contributed by atoms with Gasteiger partial charge in [-0.05, 0) is 45.0 Å². The molecule has 2 aromatic rings. The lowest BCUT2D eigenvalue weighted by Crippen LogP contribution is -2.42. The molecule has 3 rings (SSSR count). The van der Waals surface area contributed by atoms with Crippen LogP contribution in [-0.4, -0.2) is 30.1 Å². The predicted octanol–water partition coefficient (Wildman–Crippen LogP) is 2.99. The summed E-state index contributed by atoms with van der Waals surface area (Å²) >= 11 is 0. The van der Waals surface area contributed by atoms with Gasteiger partial charge in [-0.25, -0.2) is 0 Å². The van der Waals surface area contributed by atoms with Crippen molar-refractivity contribution in [3.8, 4) is 11.5 Å². The minimum atomic E-state index is -0.788. The van der Waals surface area contributed by atoms with Gasteiger partial charge >= 0.3 is 0 Å². The van der Waals surface area contributed by atoms with Crippen molar-refractivity contribution < 1.29 is 19.1 Å². The number of para-hydroxylation sites is 3. The van der Waals surface area contributed by atoms with Crippen molar-refractivity contribution >= 4 is 17.5 Å². The zero-order valence-electron chi connectivity index (χ0n) is 15.0. The summed E-state index contributed by atoms with van der Waals surface area (Å²) in [5, 5.41) is 5.67. The van der Waals surface area contributed by atoms with Gasteiger partial charge in [0.05, 0.1) is 11.3 Å². The normalized spacial score (nSPS) is 15.9. The highest BCUT2D eigenvalue weighted by molar-refractivity contribution is 6.05. The van der Waals surface area contributed by atoms with Crippen molar-refractivity contribution in [1.29, 1.82) is 0 Å². The first-order chi connectivity index (χ1) is 12.3. The average molecular weight is 354 g/mol. The van der Waals surface area contributed by atoms with Crippen LogP contribution in [0.1, 0.15) is 31.1 Å². The quantitative estimate of drug-likeness (QED) is 0.888. The highest BCUT2D eigenvalue weighted by atomic mass is 16.6. The van der Waals surface area contributed by atoms with Crippen molar-refractivity contribution in [1.82, 2.24) is 5.32 Å². The third-order valence-electron chi connectivity index (χ3n) is 3.72. The Labute approximate surface area is 152 Å². The molecule has 1 atom stereocenters. The molecular formula is C20H22N2O4. The van der Waals surface area contributed by atoms with E-state index in [-0.39, 0.29) is 24.0 Å². The predicted molar refractivity (Wildman–Crippen MR) is 98.6 cm³/mol. The molecule has 0 bridgehead atoms. The molecule has 2 aromatic carbocycles. The van der Waals surface area contributed by atoms with Gasteiger partial charge in [-0.3, -0.25) is 9.59 Å². The number of carbonyl (C=O) groups excluding carboxylic acids is 2. The molecule has 26 heavy (non-hydrogen) atoms. The fourth-order valence-corrected chi connectivity index (χ4v) is 2.56. The fourth-order valence-electron chi connectivity index (χ4n) is 2.56. The third kappa shape index (κ3) is 4.14. The highest BCUT2D eigenvalue weighted by Crippen LogP contribution is 2.31.